The number of carbonyl (C=O) groups excluding carboxylic acids is 3. The van der Waals surface area contributed by atoms with E-state index in [1.807, 2.05) is 19.1 Å². The Bertz CT molecular complexity index is 1130. The van der Waals surface area contributed by atoms with E-state index >= 15 is 0 Å². The van der Waals surface area contributed by atoms with Crippen LogP contribution in [0.25, 0.3) is 5.69 Å². The molecule has 0 aliphatic carbocycles. The Kier molecular flexibility index (Phi) is 7.04. The number of anilines is 1. The second kappa shape index (κ2) is 9.90. The van der Waals surface area contributed by atoms with Crippen molar-refractivity contribution in [2.75, 3.05) is 19.0 Å². The summed E-state index contributed by atoms with van der Waals surface area (Å²) in [7, 11) is 1.24. The van der Waals surface area contributed by atoms with Crippen molar-refractivity contribution in [3.8, 4) is 5.69 Å². The SMILES string of the molecule is CCc1c(C(=O)Nc2cccc(C(=O)NCC(=O)OC)c2)cnn1-c1cccc(Cl)c1. The Balaban J connectivity index is 1.78. The fourth-order valence-corrected chi connectivity index (χ4v) is 3.18. The normalized spacial score (nSPS) is 10.4. The molecular formula is C22H21ClN4O4. The topological polar surface area (TPSA) is 102 Å². The average molecular weight is 441 g/mol. The Labute approximate surface area is 184 Å². The molecule has 1 aromatic heterocycles. The van der Waals surface area contributed by atoms with Crippen LogP contribution >= 0.6 is 11.6 Å². The highest BCUT2D eigenvalue weighted by Crippen LogP contribution is 2.20. The van der Waals surface area contributed by atoms with Gasteiger partial charge < -0.3 is 15.4 Å². The maximum atomic E-state index is 12.9. The van der Waals surface area contributed by atoms with Crippen molar-refractivity contribution < 1.29 is 19.1 Å². The van der Waals surface area contributed by atoms with Crippen LogP contribution in [0.3, 0.4) is 0 Å². The molecule has 0 saturated carbocycles. The standard InChI is InChI=1S/C22H21ClN4O4/c1-3-19-18(12-25-27(19)17-9-5-7-15(23)11-17)22(30)26-16-8-4-6-14(10-16)21(29)24-13-20(28)31-2/h4-12H,3,13H2,1-2H3,(H,24,29)(H,26,30). The summed E-state index contributed by atoms with van der Waals surface area (Å²) < 4.78 is 6.18. The molecule has 0 unspecified atom stereocenters. The fourth-order valence-electron chi connectivity index (χ4n) is 3.00. The molecule has 0 atom stereocenters. The first-order valence-electron chi connectivity index (χ1n) is 9.52. The summed E-state index contributed by atoms with van der Waals surface area (Å²) in [5, 5.41) is 10.2. The van der Waals surface area contributed by atoms with Crippen molar-refractivity contribution in [3.63, 3.8) is 0 Å². The summed E-state index contributed by atoms with van der Waals surface area (Å²) in [4.78, 5) is 36.3. The van der Waals surface area contributed by atoms with Crippen LogP contribution in [-0.2, 0) is 16.0 Å². The second-order valence-corrected chi connectivity index (χ2v) is 6.98. The van der Waals surface area contributed by atoms with Gasteiger partial charge in [0.2, 0.25) is 0 Å². The van der Waals surface area contributed by atoms with Gasteiger partial charge in [-0.2, -0.15) is 5.10 Å². The van der Waals surface area contributed by atoms with Crippen molar-refractivity contribution in [3.05, 3.63) is 76.6 Å². The summed E-state index contributed by atoms with van der Waals surface area (Å²) in [5.74, 6) is -1.36. The summed E-state index contributed by atoms with van der Waals surface area (Å²) in [6.45, 7) is 1.69. The first-order valence-corrected chi connectivity index (χ1v) is 9.90. The van der Waals surface area contributed by atoms with Crippen molar-refractivity contribution in [2.45, 2.75) is 13.3 Å². The first kappa shape index (κ1) is 22.0. The van der Waals surface area contributed by atoms with Crippen LogP contribution in [0.4, 0.5) is 5.69 Å². The molecule has 2 N–H and O–H groups in total. The number of halogens is 1. The first-order chi connectivity index (χ1) is 14.9. The zero-order valence-electron chi connectivity index (χ0n) is 17.0. The number of carbonyl (C=O) groups is 3. The van der Waals surface area contributed by atoms with Crippen molar-refractivity contribution in [2.24, 2.45) is 0 Å². The fraction of sp³-hybridized carbons (Fsp3) is 0.182. The Morgan fingerprint density at radius 3 is 2.58 bits per heavy atom. The van der Waals surface area contributed by atoms with E-state index in [2.05, 4.69) is 20.5 Å². The summed E-state index contributed by atoms with van der Waals surface area (Å²) in [6.07, 6.45) is 2.08. The van der Waals surface area contributed by atoms with Gasteiger partial charge in [0.15, 0.2) is 0 Å². The number of hydrogen-bond donors (Lipinski definition) is 2. The van der Waals surface area contributed by atoms with Crippen LogP contribution in [0.15, 0.2) is 54.7 Å². The summed E-state index contributed by atoms with van der Waals surface area (Å²) >= 11 is 6.08. The average Bonchev–Trinajstić information content (AvgIpc) is 3.21. The highest BCUT2D eigenvalue weighted by molar-refractivity contribution is 6.30. The molecule has 0 saturated heterocycles. The number of hydrogen-bond acceptors (Lipinski definition) is 5. The number of methoxy groups -OCH3 is 1. The molecule has 2 amide bonds. The number of rotatable bonds is 7. The van der Waals surface area contributed by atoms with Crippen LogP contribution in [0.5, 0.6) is 0 Å². The molecule has 9 heteroatoms. The van der Waals surface area contributed by atoms with Gasteiger partial charge in [-0.05, 0) is 42.8 Å². The minimum absolute atomic E-state index is 0.242. The Morgan fingerprint density at radius 1 is 1.10 bits per heavy atom. The number of nitrogens with one attached hydrogen (secondary N) is 2. The van der Waals surface area contributed by atoms with E-state index < -0.39 is 11.9 Å². The quantitative estimate of drug-likeness (QED) is 0.549. The van der Waals surface area contributed by atoms with E-state index in [9.17, 15) is 14.4 Å². The van der Waals surface area contributed by atoms with Crippen LogP contribution in [0.2, 0.25) is 5.02 Å². The highest BCUT2D eigenvalue weighted by Gasteiger charge is 2.18. The highest BCUT2D eigenvalue weighted by atomic mass is 35.5. The number of esters is 1. The van der Waals surface area contributed by atoms with Crippen molar-refractivity contribution >= 4 is 35.1 Å². The minimum Gasteiger partial charge on any atom is -0.468 e. The summed E-state index contributed by atoms with van der Waals surface area (Å²) in [5.41, 5.74) is 2.64. The van der Waals surface area contributed by atoms with Crippen LogP contribution in [-0.4, -0.2) is 41.2 Å². The molecule has 8 nitrogen and oxygen atoms in total. The molecule has 0 aliphatic rings. The third-order valence-electron chi connectivity index (χ3n) is 4.50. The number of benzene rings is 2. The van der Waals surface area contributed by atoms with Crippen LogP contribution < -0.4 is 10.6 Å². The van der Waals surface area contributed by atoms with E-state index in [1.165, 1.54) is 19.4 Å². The van der Waals surface area contributed by atoms with Gasteiger partial charge in [-0.25, -0.2) is 4.68 Å². The van der Waals surface area contributed by atoms with E-state index in [0.717, 1.165) is 11.4 Å². The monoisotopic (exact) mass is 440 g/mol. The number of nitrogens with zero attached hydrogens (tertiary/aromatic N) is 2. The molecule has 160 valence electrons. The molecule has 3 rings (SSSR count). The second-order valence-electron chi connectivity index (χ2n) is 6.54. The molecule has 0 bridgehead atoms. The van der Waals surface area contributed by atoms with Gasteiger partial charge in [-0.1, -0.05) is 30.7 Å². The van der Waals surface area contributed by atoms with Crippen molar-refractivity contribution in [1.29, 1.82) is 0 Å². The maximum absolute atomic E-state index is 12.9. The zero-order chi connectivity index (χ0) is 22.4. The Morgan fingerprint density at radius 2 is 1.87 bits per heavy atom. The van der Waals surface area contributed by atoms with E-state index in [4.69, 9.17) is 11.6 Å². The molecule has 3 aromatic rings. The van der Waals surface area contributed by atoms with E-state index in [1.54, 1.807) is 35.0 Å². The lowest BCUT2D eigenvalue weighted by Gasteiger charge is -2.10. The lowest BCUT2D eigenvalue weighted by Crippen LogP contribution is -2.30. The minimum atomic E-state index is -0.554. The lowest BCUT2D eigenvalue weighted by atomic mass is 10.1. The van der Waals surface area contributed by atoms with Crippen molar-refractivity contribution in [1.82, 2.24) is 15.1 Å². The molecule has 0 aliphatic heterocycles. The number of aromatic nitrogens is 2. The third-order valence-corrected chi connectivity index (χ3v) is 4.74. The molecule has 0 spiro atoms. The summed E-state index contributed by atoms with van der Waals surface area (Å²) in [6, 6.07) is 13.6. The third kappa shape index (κ3) is 5.29. The predicted octanol–water partition coefficient (Wildman–Crippen LogP) is 3.24. The molecule has 2 aromatic carbocycles. The lowest BCUT2D eigenvalue weighted by molar-refractivity contribution is -0.139. The van der Waals surface area contributed by atoms with E-state index in [0.29, 0.717) is 28.3 Å². The number of amides is 2. The zero-order valence-corrected chi connectivity index (χ0v) is 17.8. The van der Waals surface area contributed by atoms with Crippen LogP contribution in [0, 0.1) is 0 Å². The van der Waals surface area contributed by atoms with Gasteiger partial charge in [0.25, 0.3) is 11.8 Å². The molecule has 31 heavy (non-hydrogen) atoms. The molecule has 1 heterocycles. The largest absolute Gasteiger partial charge is 0.468 e. The van der Waals surface area contributed by atoms with Gasteiger partial charge in [0, 0.05) is 16.3 Å². The Hall–Kier alpha value is -3.65. The molecule has 0 radical (unpaired) electrons. The molecule has 0 fully saturated rings. The smallest absolute Gasteiger partial charge is 0.325 e. The van der Waals surface area contributed by atoms with E-state index in [-0.39, 0.29) is 12.5 Å². The van der Waals surface area contributed by atoms with Gasteiger partial charge in [-0.15, -0.1) is 0 Å². The van der Waals surface area contributed by atoms with Crippen LogP contribution in [0.1, 0.15) is 33.3 Å². The van der Waals surface area contributed by atoms with Gasteiger partial charge in [0.05, 0.1) is 30.3 Å². The van der Waals surface area contributed by atoms with Gasteiger partial charge in [-0.3, -0.25) is 14.4 Å². The van der Waals surface area contributed by atoms with Gasteiger partial charge in [0.1, 0.15) is 6.54 Å². The maximum Gasteiger partial charge on any atom is 0.325 e. The predicted molar refractivity (Wildman–Crippen MR) is 117 cm³/mol. The van der Waals surface area contributed by atoms with Gasteiger partial charge >= 0.3 is 5.97 Å². The number of ether oxygens (including phenoxy) is 1. The molecular weight excluding hydrogens is 420 g/mol.